The maximum atomic E-state index is 12.5. The van der Waals surface area contributed by atoms with E-state index >= 15 is 0 Å². The van der Waals surface area contributed by atoms with E-state index in [1.165, 1.54) is 392 Å². The predicted molar refractivity (Wildman–Crippen MR) is 380 cm³/mol. The number of amides is 1. The number of aliphatic hydroxyl groups excluding tert-OH is 2. The molecule has 0 spiro atoms. The maximum absolute atomic E-state index is 12.5. The molecule has 0 rings (SSSR count). The number of rotatable bonds is 76. The van der Waals surface area contributed by atoms with Gasteiger partial charge >= 0.3 is 5.97 Å². The molecule has 6 nitrogen and oxygen atoms in total. The zero-order valence-corrected chi connectivity index (χ0v) is 58.8. The normalized spacial score (nSPS) is 12.5. The lowest BCUT2D eigenvalue weighted by molar-refractivity contribution is -0.143. The van der Waals surface area contributed by atoms with E-state index in [9.17, 15) is 19.8 Å². The van der Waals surface area contributed by atoms with Gasteiger partial charge in [0.15, 0.2) is 0 Å². The molecule has 0 saturated carbocycles. The molecular weight excluding hydrogens is 1050 g/mol. The van der Waals surface area contributed by atoms with Gasteiger partial charge < -0.3 is 20.3 Å². The average molecular weight is 1210 g/mol. The average Bonchev–Trinajstić information content (AvgIpc) is 3.55. The van der Waals surface area contributed by atoms with Gasteiger partial charge in [-0.05, 0) is 51.4 Å². The van der Waals surface area contributed by atoms with Gasteiger partial charge in [0.05, 0.1) is 25.4 Å². The summed E-state index contributed by atoms with van der Waals surface area (Å²) in [7, 11) is 0. The molecule has 1 amide bonds. The van der Waals surface area contributed by atoms with E-state index in [2.05, 4.69) is 31.3 Å². The number of allylic oxidation sites excluding steroid dienone is 2. The number of ether oxygens (including phenoxy) is 1. The molecule has 3 N–H and O–H groups in total. The fourth-order valence-electron chi connectivity index (χ4n) is 13.0. The van der Waals surface area contributed by atoms with Crippen LogP contribution in [0.3, 0.4) is 0 Å². The summed E-state index contributed by atoms with van der Waals surface area (Å²) in [6.07, 6.45) is 96.0. The molecule has 0 saturated heterocycles. The van der Waals surface area contributed by atoms with Gasteiger partial charge in [-0.3, -0.25) is 9.59 Å². The minimum Gasteiger partial charge on any atom is -0.466 e. The van der Waals surface area contributed by atoms with Gasteiger partial charge in [0.1, 0.15) is 0 Å². The SMILES string of the molecule is CCCCCCCC/C=C\CCCCCCCCCC(=O)OCCCCCCCCCCCCCCCCCCCCCCCCCCCCCCCCCCCCCCCC(=O)NC(CO)C(O)CCCCCCCCCCCCCCCCC. The summed E-state index contributed by atoms with van der Waals surface area (Å²) >= 11 is 0. The van der Waals surface area contributed by atoms with Crippen molar-refractivity contribution in [2.75, 3.05) is 13.2 Å². The number of carbonyl (C=O) groups is 2. The van der Waals surface area contributed by atoms with Crippen LogP contribution < -0.4 is 5.32 Å². The zero-order chi connectivity index (χ0) is 62.0. The maximum Gasteiger partial charge on any atom is 0.305 e. The molecule has 0 aliphatic heterocycles. The molecule has 0 fully saturated rings. The van der Waals surface area contributed by atoms with Crippen LogP contribution in [0.15, 0.2) is 12.2 Å². The molecule has 0 aromatic rings. The van der Waals surface area contributed by atoms with Gasteiger partial charge in [-0.1, -0.05) is 411 Å². The summed E-state index contributed by atoms with van der Waals surface area (Å²) in [4.78, 5) is 24.6. The number of carbonyl (C=O) groups excluding carboxylic acids is 2. The molecule has 0 aromatic carbocycles. The van der Waals surface area contributed by atoms with Crippen LogP contribution in [-0.4, -0.2) is 47.4 Å². The third kappa shape index (κ3) is 71.7. The lowest BCUT2D eigenvalue weighted by atomic mass is 10.0. The van der Waals surface area contributed by atoms with E-state index in [1.54, 1.807) is 0 Å². The van der Waals surface area contributed by atoms with Crippen LogP contribution >= 0.6 is 0 Å². The first kappa shape index (κ1) is 84.6. The monoisotopic (exact) mass is 1210 g/mol. The molecule has 0 radical (unpaired) electrons. The van der Waals surface area contributed by atoms with Gasteiger partial charge in [0, 0.05) is 12.8 Å². The second-order valence-corrected chi connectivity index (χ2v) is 27.8. The van der Waals surface area contributed by atoms with Crippen molar-refractivity contribution in [2.24, 2.45) is 0 Å². The van der Waals surface area contributed by atoms with E-state index in [0.717, 1.165) is 38.5 Å². The lowest BCUT2D eigenvalue weighted by Crippen LogP contribution is -2.45. The minimum atomic E-state index is -0.659. The Morgan fingerprint density at radius 3 is 0.826 bits per heavy atom. The summed E-state index contributed by atoms with van der Waals surface area (Å²) in [5.74, 6) is -0.00410. The highest BCUT2D eigenvalue weighted by atomic mass is 16.5. The predicted octanol–water partition coefficient (Wildman–Crippen LogP) is 26.3. The van der Waals surface area contributed by atoms with Crippen LogP contribution in [0.4, 0.5) is 0 Å². The van der Waals surface area contributed by atoms with E-state index in [1.807, 2.05) is 0 Å². The standard InChI is InChI=1S/C80H157NO5/c1-3-5-7-9-11-13-15-17-19-41-46-50-54-58-62-66-70-74-80(85)86-75-71-67-63-59-55-51-47-43-40-38-36-34-32-30-28-26-24-22-20-21-23-25-27-29-31-33-35-37-39-42-45-49-53-57-61-65-69-73-79(84)81-77(76-82)78(83)72-68-64-60-56-52-48-44-18-16-14-12-10-8-6-4-2/h17,19,77-78,82-83H,3-16,18,20-76H2,1-2H3,(H,81,84)/b19-17-. The Morgan fingerprint density at radius 2 is 0.547 bits per heavy atom. The second kappa shape index (κ2) is 76.1. The smallest absolute Gasteiger partial charge is 0.305 e. The molecular formula is C80H157NO5. The van der Waals surface area contributed by atoms with Gasteiger partial charge in [0.25, 0.3) is 0 Å². The molecule has 86 heavy (non-hydrogen) atoms. The molecule has 2 unspecified atom stereocenters. The number of esters is 1. The van der Waals surface area contributed by atoms with Crippen LogP contribution in [0, 0.1) is 0 Å². The Bertz CT molecular complexity index is 1300. The van der Waals surface area contributed by atoms with Crippen molar-refractivity contribution in [1.82, 2.24) is 5.32 Å². The number of hydrogen-bond donors (Lipinski definition) is 3. The minimum absolute atomic E-state index is 0.0212. The molecule has 0 heterocycles. The molecule has 0 aliphatic carbocycles. The molecule has 0 bridgehead atoms. The van der Waals surface area contributed by atoms with Crippen LogP contribution in [0.5, 0.6) is 0 Å². The highest BCUT2D eigenvalue weighted by Crippen LogP contribution is 2.20. The lowest BCUT2D eigenvalue weighted by Gasteiger charge is -2.22. The Balaban J connectivity index is 3.28. The van der Waals surface area contributed by atoms with Crippen LogP contribution in [0.1, 0.15) is 463 Å². The summed E-state index contributed by atoms with van der Waals surface area (Å²) in [6, 6.07) is -0.536. The van der Waals surface area contributed by atoms with E-state index in [-0.39, 0.29) is 18.5 Å². The van der Waals surface area contributed by atoms with Gasteiger partial charge in [-0.2, -0.15) is 0 Å². The fraction of sp³-hybridized carbons (Fsp3) is 0.950. The molecule has 2 atom stereocenters. The van der Waals surface area contributed by atoms with Crippen molar-refractivity contribution in [3.63, 3.8) is 0 Å². The summed E-state index contributed by atoms with van der Waals surface area (Å²) in [5, 5.41) is 23.4. The summed E-state index contributed by atoms with van der Waals surface area (Å²) in [5.41, 5.74) is 0. The summed E-state index contributed by atoms with van der Waals surface area (Å²) < 4.78 is 5.51. The Kier molecular flexibility index (Phi) is 74.8. The Labute approximate surface area is 539 Å². The zero-order valence-electron chi connectivity index (χ0n) is 58.8. The van der Waals surface area contributed by atoms with Gasteiger partial charge in [-0.15, -0.1) is 0 Å². The molecule has 6 heteroatoms. The number of nitrogens with one attached hydrogen (secondary N) is 1. The molecule has 512 valence electrons. The third-order valence-corrected chi connectivity index (χ3v) is 19.1. The van der Waals surface area contributed by atoms with Crippen molar-refractivity contribution in [3.8, 4) is 0 Å². The van der Waals surface area contributed by atoms with E-state index < -0.39 is 12.1 Å². The Hall–Kier alpha value is -1.40. The largest absolute Gasteiger partial charge is 0.466 e. The van der Waals surface area contributed by atoms with Gasteiger partial charge in [0.2, 0.25) is 5.91 Å². The van der Waals surface area contributed by atoms with Crippen molar-refractivity contribution in [2.45, 2.75) is 475 Å². The highest BCUT2D eigenvalue weighted by molar-refractivity contribution is 5.76. The fourth-order valence-corrected chi connectivity index (χ4v) is 13.0. The van der Waals surface area contributed by atoms with Crippen molar-refractivity contribution < 1.29 is 24.5 Å². The second-order valence-electron chi connectivity index (χ2n) is 27.8. The van der Waals surface area contributed by atoms with E-state index in [0.29, 0.717) is 25.9 Å². The van der Waals surface area contributed by atoms with Crippen LogP contribution in [0.2, 0.25) is 0 Å². The van der Waals surface area contributed by atoms with E-state index in [4.69, 9.17) is 4.74 Å². The molecule has 0 aliphatic rings. The molecule has 0 aromatic heterocycles. The van der Waals surface area contributed by atoms with Crippen LogP contribution in [-0.2, 0) is 14.3 Å². The van der Waals surface area contributed by atoms with Crippen molar-refractivity contribution in [3.05, 3.63) is 12.2 Å². The van der Waals surface area contributed by atoms with Crippen molar-refractivity contribution >= 4 is 11.9 Å². The van der Waals surface area contributed by atoms with Crippen molar-refractivity contribution in [1.29, 1.82) is 0 Å². The Morgan fingerprint density at radius 1 is 0.314 bits per heavy atom. The quantitative estimate of drug-likeness (QED) is 0.0320. The topological polar surface area (TPSA) is 95.9 Å². The number of hydrogen-bond acceptors (Lipinski definition) is 5. The first-order chi connectivity index (χ1) is 42.5. The number of unbranched alkanes of at least 4 members (excludes halogenated alkanes) is 63. The summed E-state index contributed by atoms with van der Waals surface area (Å²) in [6.45, 7) is 5.00. The van der Waals surface area contributed by atoms with Gasteiger partial charge in [-0.25, -0.2) is 0 Å². The number of aliphatic hydroxyl groups is 2. The third-order valence-electron chi connectivity index (χ3n) is 19.1. The van der Waals surface area contributed by atoms with Crippen LogP contribution in [0.25, 0.3) is 0 Å². The highest BCUT2D eigenvalue weighted by Gasteiger charge is 2.20. The first-order valence-corrected chi connectivity index (χ1v) is 39.9. The first-order valence-electron chi connectivity index (χ1n) is 39.9.